The van der Waals surface area contributed by atoms with Gasteiger partial charge in [-0.3, -0.25) is 14.5 Å². The average molecular weight is 337 g/mol. The topological polar surface area (TPSA) is 78.5 Å². The number of nitrogens with one attached hydrogen (secondary N) is 2. The molecule has 1 heterocycles. The van der Waals surface area contributed by atoms with Crippen LogP contribution in [0.3, 0.4) is 0 Å². The van der Waals surface area contributed by atoms with Crippen molar-refractivity contribution in [3.63, 3.8) is 0 Å². The molecule has 0 aliphatic carbocycles. The summed E-state index contributed by atoms with van der Waals surface area (Å²) >= 11 is 0. The summed E-state index contributed by atoms with van der Waals surface area (Å²) in [6.07, 6.45) is 0.952. The molecule has 0 atom stereocenters. The van der Waals surface area contributed by atoms with Gasteiger partial charge in [0.1, 0.15) is 0 Å². The predicted octanol–water partition coefficient (Wildman–Crippen LogP) is 2.55. The Morgan fingerprint density at radius 2 is 1.68 bits per heavy atom. The van der Waals surface area contributed by atoms with E-state index in [1.54, 1.807) is 24.3 Å². The number of aryl methyl sites for hydroxylation is 1. The minimum atomic E-state index is -0.387. The molecule has 0 saturated carbocycles. The zero-order chi connectivity index (χ0) is 17.8. The number of hydrogen-bond acceptors (Lipinski definition) is 3. The Morgan fingerprint density at radius 1 is 1.04 bits per heavy atom. The molecule has 0 bridgehead atoms. The van der Waals surface area contributed by atoms with E-state index < -0.39 is 0 Å². The molecular formula is C19H19N3O3. The minimum absolute atomic E-state index is 0.0378. The van der Waals surface area contributed by atoms with Gasteiger partial charge in [-0.15, -0.1) is 0 Å². The number of imide groups is 1. The zero-order valence-corrected chi connectivity index (χ0v) is 13.9. The van der Waals surface area contributed by atoms with E-state index in [9.17, 15) is 14.4 Å². The van der Waals surface area contributed by atoms with Crippen LogP contribution in [-0.4, -0.2) is 29.3 Å². The van der Waals surface area contributed by atoms with E-state index in [1.807, 2.05) is 24.3 Å². The maximum absolute atomic E-state index is 12.3. The smallest absolute Gasteiger partial charge is 0.324 e. The van der Waals surface area contributed by atoms with E-state index in [2.05, 4.69) is 17.6 Å². The lowest BCUT2D eigenvalue weighted by Gasteiger charge is -2.12. The molecule has 2 aromatic rings. The predicted molar refractivity (Wildman–Crippen MR) is 94.2 cm³/mol. The maximum Gasteiger partial charge on any atom is 0.324 e. The first kappa shape index (κ1) is 16.7. The molecule has 4 amide bonds. The molecule has 1 aliphatic heterocycles. The van der Waals surface area contributed by atoms with Crippen molar-refractivity contribution in [1.82, 2.24) is 10.2 Å². The van der Waals surface area contributed by atoms with Gasteiger partial charge in [0.25, 0.3) is 5.91 Å². The summed E-state index contributed by atoms with van der Waals surface area (Å²) in [5.41, 5.74) is 3.25. The molecule has 1 aliphatic rings. The van der Waals surface area contributed by atoms with E-state index in [4.69, 9.17) is 0 Å². The second-order valence-electron chi connectivity index (χ2n) is 5.84. The van der Waals surface area contributed by atoms with Crippen LogP contribution in [-0.2, 0) is 17.8 Å². The molecule has 6 heteroatoms. The normalized spacial score (nSPS) is 13.7. The number of hydrogen-bond donors (Lipinski definition) is 2. The number of benzene rings is 2. The molecule has 0 spiro atoms. The van der Waals surface area contributed by atoms with Gasteiger partial charge in [-0.2, -0.15) is 0 Å². The lowest BCUT2D eigenvalue weighted by Crippen LogP contribution is -2.30. The van der Waals surface area contributed by atoms with Crippen LogP contribution in [0.5, 0.6) is 0 Å². The van der Waals surface area contributed by atoms with Gasteiger partial charge in [-0.1, -0.05) is 31.2 Å². The third-order valence-corrected chi connectivity index (χ3v) is 4.11. The van der Waals surface area contributed by atoms with Crippen LogP contribution in [0.25, 0.3) is 0 Å². The summed E-state index contributed by atoms with van der Waals surface area (Å²) in [6.45, 7) is 2.32. The third kappa shape index (κ3) is 3.85. The summed E-state index contributed by atoms with van der Waals surface area (Å²) < 4.78 is 0. The molecule has 2 N–H and O–H groups in total. The quantitative estimate of drug-likeness (QED) is 0.823. The second kappa shape index (κ2) is 7.17. The zero-order valence-electron chi connectivity index (χ0n) is 13.9. The Hall–Kier alpha value is -3.15. The molecule has 128 valence electrons. The highest BCUT2D eigenvalue weighted by atomic mass is 16.2. The summed E-state index contributed by atoms with van der Waals surface area (Å²) in [5, 5.41) is 5.33. The number of carbonyl (C=O) groups is 3. The fourth-order valence-corrected chi connectivity index (χ4v) is 2.59. The molecule has 3 rings (SSSR count). The Balaban J connectivity index is 1.63. The van der Waals surface area contributed by atoms with Crippen LogP contribution in [0.2, 0.25) is 0 Å². The van der Waals surface area contributed by atoms with Crippen LogP contribution >= 0.6 is 0 Å². The molecule has 0 radical (unpaired) electrons. The Morgan fingerprint density at radius 3 is 2.24 bits per heavy atom. The molecule has 1 fully saturated rings. The van der Waals surface area contributed by atoms with Gasteiger partial charge < -0.3 is 10.6 Å². The monoisotopic (exact) mass is 337 g/mol. The molecule has 25 heavy (non-hydrogen) atoms. The van der Waals surface area contributed by atoms with E-state index in [0.717, 1.165) is 22.6 Å². The number of urea groups is 1. The fourth-order valence-electron chi connectivity index (χ4n) is 2.59. The maximum atomic E-state index is 12.3. The van der Waals surface area contributed by atoms with Crippen molar-refractivity contribution in [1.29, 1.82) is 0 Å². The van der Waals surface area contributed by atoms with Gasteiger partial charge in [-0.25, -0.2) is 4.79 Å². The number of nitrogens with zero attached hydrogens (tertiary/aromatic N) is 1. The first-order valence-corrected chi connectivity index (χ1v) is 8.14. The van der Waals surface area contributed by atoms with Crippen LogP contribution in [0.1, 0.15) is 28.4 Å². The first-order valence-electron chi connectivity index (χ1n) is 8.14. The van der Waals surface area contributed by atoms with Gasteiger partial charge in [0.2, 0.25) is 5.91 Å². The number of rotatable bonds is 5. The first-order chi connectivity index (χ1) is 12.1. The Kier molecular flexibility index (Phi) is 4.79. The average Bonchev–Trinajstić information content (AvgIpc) is 2.95. The van der Waals surface area contributed by atoms with Crippen molar-refractivity contribution in [3.8, 4) is 0 Å². The van der Waals surface area contributed by atoms with Gasteiger partial charge in [-0.05, 0) is 41.8 Å². The SMILES string of the molecule is CCc1ccc(NC(=O)c2ccc(CN3C(=O)CNC3=O)cc2)cc1. The van der Waals surface area contributed by atoms with Gasteiger partial charge in [0.15, 0.2) is 0 Å². The van der Waals surface area contributed by atoms with Crippen molar-refractivity contribution >= 4 is 23.5 Å². The van der Waals surface area contributed by atoms with Crippen molar-refractivity contribution in [3.05, 3.63) is 65.2 Å². The van der Waals surface area contributed by atoms with E-state index in [-0.39, 0.29) is 30.9 Å². The fraction of sp³-hybridized carbons (Fsp3) is 0.211. The van der Waals surface area contributed by atoms with Crippen molar-refractivity contribution in [2.75, 3.05) is 11.9 Å². The number of anilines is 1. The summed E-state index contributed by atoms with van der Waals surface area (Å²) in [4.78, 5) is 36.6. The lowest BCUT2D eigenvalue weighted by molar-refractivity contribution is -0.125. The van der Waals surface area contributed by atoms with E-state index in [1.165, 1.54) is 5.56 Å². The molecular weight excluding hydrogens is 318 g/mol. The highest BCUT2D eigenvalue weighted by molar-refractivity contribution is 6.04. The standard InChI is InChI=1S/C19H19N3O3/c1-2-13-5-9-16(10-6-13)21-18(24)15-7-3-14(4-8-15)12-22-17(23)11-20-19(22)25/h3-10H,2,11-12H2,1H3,(H,20,25)(H,21,24). The van der Waals surface area contributed by atoms with Crippen molar-refractivity contribution < 1.29 is 14.4 Å². The van der Waals surface area contributed by atoms with Gasteiger partial charge in [0, 0.05) is 11.3 Å². The second-order valence-corrected chi connectivity index (χ2v) is 5.84. The summed E-state index contributed by atoms with van der Waals surface area (Å²) in [7, 11) is 0. The van der Waals surface area contributed by atoms with Gasteiger partial charge >= 0.3 is 6.03 Å². The van der Waals surface area contributed by atoms with Crippen LogP contribution in [0.4, 0.5) is 10.5 Å². The molecule has 0 aromatic heterocycles. The third-order valence-electron chi connectivity index (χ3n) is 4.11. The molecule has 1 saturated heterocycles. The van der Waals surface area contributed by atoms with E-state index >= 15 is 0 Å². The van der Waals surface area contributed by atoms with Crippen LogP contribution in [0.15, 0.2) is 48.5 Å². The highest BCUT2D eigenvalue weighted by Gasteiger charge is 2.28. The summed E-state index contributed by atoms with van der Waals surface area (Å²) in [5.74, 6) is -0.451. The number of amides is 4. The molecule has 6 nitrogen and oxygen atoms in total. The van der Waals surface area contributed by atoms with Crippen molar-refractivity contribution in [2.24, 2.45) is 0 Å². The lowest BCUT2D eigenvalue weighted by atomic mass is 10.1. The van der Waals surface area contributed by atoms with Crippen molar-refractivity contribution in [2.45, 2.75) is 19.9 Å². The number of carbonyl (C=O) groups excluding carboxylic acids is 3. The summed E-state index contributed by atoms with van der Waals surface area (Å²) in [6, 6.07) is 14.2. The largest absolute Gasteiger partial charge is 0.329 e. The van der Waals surface area contributed by atoms with Crippen LogP contribution in [0, 0.1) is 0 Å². The Bertz CT molecular complexity index is 782. The molecule has 2 aromatic carbocycles. The Labute approximate surface area is 145 Å². The highest BCUT2D eigenvalue weighted by Crippen LogP contribution is 2.14. The van der Waals surface area contributed by atoms with Crippen LogP contribution < -0.4 is 10.6 Å². The van der Waals surface area contributed by atoms with E-state index in [0.29, 0.717) is 5.56 Å². The molecule has 0 unspecified atom stereocenters. The van der Waals surface area contributed by atoms with Gasteiger partial charge in [0.05, 0.1) is 13.1 Å². The minimum Gasteiger partial charge on any atom is -0.329 e.